The number of amides is 1. The van der Waals surface area contributed by atoms with Gasteiger partial charge < -0.3 is 14.8 Å². The number of rotatable bonds is 9. The first kappa shape index (κ1) is 17.4. The van der Waals surface area contributed by atoms with E-state index in [1.807, 2.05) is 24.3 Å². The lowest BCUT2D eigenvalue weighted by Crippen LogP contribution is -2.27. The van der Waals surface area contributed by atoms with Gasteiger partial charge in [-0.3, -0.25) is 9.59 Å². The van der Waals surface area contributed by atoms with Gasteiger partial charge in [-0.05, 0) is 24.1 Å². The van der Waals surface area contributed by atoms with E-state index in [1.54, 1.807) is 7.11 Å². The van der Waals surface area contributed by atoms with E-state index in [-0.39, 0.29) is 11.9 Å². The number of hydrogen-bond acceptors (Lipinski definition) is 5. The Balaban J connectivity index is 2.11. The van der Waals surface area contributed by atoms with Crippen LogP contribution < -0.4 is 10.1 Å². The molecule has 0 heterocycles. The Morgan fingerprint density at radius 1 is 1.19 bits per heavy atom. The third-order valence-corrected chi connectivity index (χ3v) is 3.77. The fourth-order valence-corrected chi connectivity index (χ4v) is 2.35. The van der Waals surface area contributed by atoms with Crippen molar-refractivity contribution < 1.29 is 19.1 Å². The van der Waals surface area contributed by atoms with Crippen LogP contribution in [-0.2, 0) is 20.7 Å². The molecule has 0 fully saturated rings. The first-order valence-electron chi connectivity index (χ1n) is 6.70. The average Bonchev–Trinajstić information content (AvgIpc) is 2.52. The molecule has 0 saturated heterocycles. The third-order valence-electron chi connectivity index (χ3n) is 2.81. The second-order valence-corrected chi connectivity index (χ2v) is 5.43. The van der Waals surface area contributed by atoms with Crippen molar-refractivity contribution in [2.45, 2.75) is 12.8 Å². The Morgan fingerprint density at radius 3 is 2.52 bits per heavy atom. The third kappa shape index (κ3) is 7.60. The van der Waals surface area contributed by atoms with Crippen LogP contribution in [0, 0.1) is 0 Å². The highest BCUT2D eigenvalue weighted by Gasteiger charge is 2.04. The second-order valence-electron chi connectivity index (χ2n) is 4.33. The van der Waals surface area contributed by atoms with Gasteiger partial charge in [-0.25, -0.2) is 0 Å². The summed E-state index contributed by atoms with van der Waals surface area (Å²) < 4.78 is 9.61. The SMILES string of the molecule is COC(=O)CCSCC(=O)NCCc1ccc(OC)cc1. The molecule has 0 atom stereocenters. The van der Waals surface area contributed by atoms with Gasteiger partial charge in [-0.2, -0.15) is 11.8 Å². The number of ether oxygens (including phenoxy) is 2. The van der Waals surface area contributed by atoms with Gasteiger partial charge in [0.15, 0.2) is 0 Å². The summed E-state index contributed by atoms with van der Waals surface area (Å²) in [6, 6.07) is 7.77. The van der Waals surface area contributed by atoms with Gasteiger partial charge in [0.1, 0.15) is 5.75 Å². The first-order chi connectivity index (χ1) is 10.2. The minimum Gasteiger partial charge on any atom is -0.497 e. The van der Waals surface area contributed by atoms with E-state index in [9.17, 15) is 9.59 Å². The van der Waals surface area contributed by atoms with Crippen LogP contribution in [0.5, 0.6) is 5.75 Å². The monoisotopic (exact) mass is 311 g/mol. The van der Waals surface area contributed by atoms with E-state index >= 15 is 0 Å². The summed E-state index contributed by atoms with van der Waals surface area (Å²) >= 11 is 1.43. The van der Waals surface area contributed by atoms with Crippen LogP contribution in [0.15, 0.2) is 24.3 Å². The van der Waals surface area contributed by atoms with Crippen LogP contribution in [0.25, 0.3) is 0 Å². The number of carbonyl (C=O) groups excluding carboxylic acids is 2. The molecule has 5 nitrogen and oxygen atoms in total. The zero-order valence-corrected chi connectivity index (χ0v) is 13.2. The van der Waals surface area contributed by atoms with Gasteiger partial charge in [0.25, 0.3) is 0 Å². The molecule has 0 bridgehead atoms. The van der Waals surface area contributed by atoms with E-state index in [0.29, 0.717) is 24.5 Å². The molecule has 6 heteroatoms. The molecule has 0 spiro atoms. The molecule has 1 N–H and O–H groups in total. The number of nitrogens with one attached hydrogen (secondary N) is 1. The fraction of sp³-hybridized carbons (Fsp3) is 0.467. The zero-order chi connectivity index (χ0) is 15.5. The molecular weight excluding hydrogens is 290 g/mol. The van der Waals surface area contributed by atoms with Crippen molar-refractivity contribution in [1.29, 1.82) is 0 Å². The molecule has 0 radical (unpaired) electrons. The van der Waals surface area contributed by atoms with Gasteiger partial charge in [0.05, 0.1) is 26.4 Å². The maximum atomic E-state index is 11.6. The van der Waals surface area contributed by atoms with Crippen LogP contribution in [-0.4, -0.2) is 44.1 Å². The Hall–Kier alpha value is -1.69. The molecule has 0 saturated carbocycles. The number of hydrogen-bond donors (Lipinski definition) is 1. The smallest absolute Gasteiger partial charge is 0.306 e. The second kappa shape index (κ2) is 10.1. The van der Waals surface area contributed by atoms with Gasteiger partial charge in [0, 0.05) is 12.3 Å². The molecule has 116 valence electrons. The highest BCUT2D eigenvalue weighted by atomic mass is 32.2. The highest BCUT2D eigenvalue weighted by Crippen LogP contribution is 2.11. The Morgan fingerprint density at radius 2 is 1.90 bits per heavy atom. The summed E-state index contributed by atoms with van der Waals surface area (Å²) in [4.78, 5) is 22.5. The summed E-state index contributed by atoms with van der Waals surface area (Å²) in [5, 5.41) is 2.85. The number of esters is 1. The Kier molecular flexibility index (Phi) is 8.35. The Bertz CT molecular complexity index is 447. The number of carbonyl (C=O) groups is 2. The zero-order valence-electron chi connectivity index (χ0n) is 12.4. The van der Waals surface area contributed by atoms with Gasteiger partial charge >= 0.3 is 5.97 Å². The number of benzene rings is 1. The van der Waals surface area contributed by atoms with Crippen LogP contribution in [0.4, 0.5) is 0 Å². The first-order valence-corrected chi connectivity index (χ1v) is 7.85. The molecule has 21 heavy (non-hydrogen) atoms. The highest BCUT2D eigenvalue weighted by molar-refractivity contribution is 7.99. The van der Waals surface area contributed by atoms with E-state index in [1.165, 1.54) is 18.9 Å². The van der Waals surface area contributed by atoms with Crippen molar-refractivity contribution in [3.05, 3.63) is 29.8 Å². The van der Waals surface area contributed by atoms with E-state index in [4.69, 9.17) is 4.74 Å². The molecule has 1 amide bonds. The van der Waals surface area contributed by atoms with Crippen molar-refractivity contribution in [2.24, 2.45) is 0 Å². The van der Waals surface area contributed by atoms with E-state index in [0.717, 1.165) is 17.7 Å². The van der Waals surface area contributed by atoms with Crippen molar-refractivity contribution in [3.63, 3.8) is 0 Å². The van der Waals surface area contributed by atoms with Crippen molar-refractivity contribution in [1.82, 2.24) is 5.32 Å². The van der Waals surface area contributed by atoms with Crippen LogP contribution in [0.1, 0.15) is 12.0 Å². The van der Waals surface area contributed by atoms with Gasteiger partial charge in [-0.1, -0.05) is 12.1 Å². The minimum absolute atomic E-state index is 0.0154. The van der Waals surface area contributed by atoms with Crippen molar-refractivity contribution in [2.75, 3.05) is 32.3 Å². The van der Waals surface area contributed by atoms with Gasteiger partial charge in [0.2, 0.25) is 5.91 Å². The maximum absolute atomic E-state index is 11.6. The molecule has 0 aliphatic rings. The minimum atomic E-state index is -0.248. The molecule has 0 unspecified atom stereocenters. The van der Waals surface area contributed by atoms with E-state index in [2.05, 4.69) is 10.1 Å². The molecule has 0 aromatic heterocycles. The summed E-state index contributed by atoms with van der Waals surface area (Å²) in [5.74, 6) is 1.52. The summed E-state index contributed by atoms with van der Waals surface area (Å²) in [5.41, 5.74) is 1.15. The van der Waals surface area contributed by atoms with Crippen LogP contribution in [0.2, 0.25) is 0 Å². The topological polar surface area (TPSA) is 64.6 Å². The predicted molar refractivity (Wildman–Crippen MR) is 83.7 cm³/mol. The quantitative estimate of drug-likeness (QED) is 0.555. The molecule has 1 rings (SSSR count). The van der Waals surface area contributed by atoms with Crippen molar-refractivity contribution >= 4 is 23.6 Å². The summed E-state index contributed by atoms with van der Waals surface area (Å²) in [7, 11) is 2.99. The summed E-state index contributed by atoms with van der Waals surface area (Å²) in [6.07, 6.45) is 1.11. The normalized spacial score (nSPS) is 10.0. The maximum Gasteiger partial charge on any atom is 0.306 e. The standard InChI is InChI=1S/C15H21NO4S/c1-19-13-5-3-12(4-6-13)7-9-16-14(17)11-21-10-8-15(18)20-2/h3-6H,7-11H2,1-2H3,(H,16,17). The fourth-order valence-electron chi connectivity index (χ4n) is 1.61. The number of thioether (sulfide) groups is 1. The molecule has 0 aliphatic heterocycles. The Labute approximate surface area is 129 Å². The van der Waals surface area contributed by atoms with Gasteiger partial charge in [-0.15, -0.1) is 0 Å². The molecule has 1 aromatic carbocycles. The largest absolute Gasteiger partial charge is 0.497 e. The molecule has 1 aromatic rings. The lowest BCUT2D eigenvalue weighted by molar-refractivity contribution is -0.140. The predicted octanol–water partition coefficient (Wildman–Crippen LogP) is 1.65. The van der Waals surface area contributed by atoms with Crippen LogP contribution in [0.3, 0.4) is 0 Å². The van der Waals surface area contributed by atoms with Crippen LogP contribution >= 0.6 is 11.8 Å². The molecule has 0 aliphatic carbocycles. The summed E-state index contributed by atoms with van der Waals surface area (Å²) in [6.45, 7) is 0.600. The average molecular weight is 311 g/mol. The lowest BCUT2D eigenvalue weighted by Gasteiger charge is -2.06. The number of methoxy groups -OCH3 is 2. The lowest BCUT2D eigenvalue weighted by atomic mass is 10.1. The molecular formula is C15H21NO4S. The van der Waals surface area contributed by atoms with E-state index < -0.39 is 0 Å². The van der Waals surface area contributed by atoms with Crippen molar-refractivity contribution in [3.8, 4) is 5.75 Å².